The summed E-state index contributed by atoms with van der Waals surface area (Å²) in [5.41, 5.74) is 1.64. The van der Waals surface area contributed by atoms with E-state index in [0.717, 1.165) is 29.8 Å². The van der Waals surface area contributed by atoms with E-state index in [1.165, 1.54) is 17.4 Å². The standard InChI is InChI=1S/C18H20FNO2S/c1-12-14(18(21)22)4-2-8-20(12)11-13-6-7-16(19)15(10-13)17-5-3-9-23-17/h3,5-7,9-10,12,14H,2,4,8,11H2,1H3,(H,21,22)/t12-,14-/m1/s1. The summed E-state index contributed by atoms with van der Waals surface area (Å²) in [5.74, 6) is -1.26. The van der Waals surface area contributed by atoms with Gasteiger partial charge in [-0.3, -0.25) is 9.69 Å². The maximum absolute atomic E-state index is 14.1. The van der Waals surface area contributed by atoms with Crippen LogP contribution in [0.3, 0.4) is 0 Å². The average molecular weight is 333 g/mol. The molecule has 3 nitrogen and oxygen atoms in total. The van der Waals surface area contributed by atoms with Crippen molar-refractivity contribution in [1.29, 1.82) is 0 Å². The third-order valence-corrected chi connectivity index (χ3v) is 5.54. The Bertz CT molecular complexity index is 686. The second-order valence-corrected chi connectivity index (χ2v) is 7.04. The second kappa shape index (κ2) is 6.81. The fourth-order valence-corrected chi connectivity index (χ4v) is 4.04. The third-order valence-electron chi connectivity index (χ3n) is 4.64. The van der Waals surface area contributed by atoms with Crippen LogP contribution >= 0.6 is 11.3 Å². The fraction of sp³-hybridized carbons (Fsp3) is 0.389. The van der Waals surface area contributed by atoms with Crippen LogP contribution in [-0.2, 0) is 11.3 Å². The number of halogens is 1. The first-order valence-corrected chi connectivity index (χ1v) is 8.73. The normalized spacial score (nSPS) is 22.2. The Hall–Kier alpha value is -1.72. The van der Waals surface area contributed by atoms with Crippen LogP contribution in [-0.4, -0.2) is 28.6 Å². The van der Waals surface area contributed by atoms with Crippen LogP contribution in [0.4, 0.5) is 4.39 Å². The van der Waals surface area contributed by atoms with Gasteiger partial charge in [-0.25, -0.2) is 4.39 Å². The van der Waals surface area contributed by atoms with E-state index in [1.54, 1.807) is 6.07 Å². The molecular formula is C18H20FNO2S. The zero-order chi connectivity index (χ0) is 16.4. The van der Waals surface area contributed by atoms with Crippen LogP contribution in [0, 0.1) is 11.7 Å². The summed E-state index contributed by atoms with van der Waals surface area (Å²) < 4.78 is 14.1. The number of benzene rings is 1. The Morgan fingerprint density at radius 2 is 2.26 bits per heavy atom. The number of piperidine rings is 1. The molecule has 0 bridgehead atoms. The first kappa shape index (κ1) is 16.1. The number of hydrogen-bond donors (Lipinski definition) is 1. The van der Waals surface area contributed by atoms with Gasteiger partial charge < -0.3 is 5.11 Å². The minimum absolute atomic E-state index is 0.00325. The van der Waals surface area contributed by atoms with Gasteiger partial charge in [0.25, 0.3) is 0 Å². The fourth-order valence-electron chi connectivity index (χ4n) is 3.29. The smallest absolute Gasteiger partial charge is 0.308 e. The van der Waals surface area contributed by atoms with Gasteiger partial charge in [-0.2, -0.15) is 0 Å². The SMILES string of the molecule is C[C@@H]1[C@H](C(=O)O)CCCN1Cc1ccc(F)c(-c2cccs2)c1. The van der Waals surface area contributed by atoms with Gasteiger partial charge in [0.1, 0.15) is 5.82 Å². The predicted octanol–water partition coefficient (Wildman–Crippen LogP) is 4.24. The number of likely N-dealkylation sites (tertiary alicyclic amines) is 1. The van der Waals surface area contributed by atoms with Crippen molar-refractivity contribution in [2.45, 2.75) is 32.4 Å². The molecule has 1 aliphatic rings. The van der Waals surface area contributed by atoms with Crippen molar-refractivity contribution in [3.8, 4) is 10.4 Å². The van der Waals surface area contributed by atoms with E-state index in [-0.39, 0.29) is 17.8 Å². The van der Waals surface area contributed by atoms with Crippen molar-refractivity contribution in [3.05, 3.63) is 47.1 Å². The number of thiophene rings is 1. The largest absolute Gasteiger partial charge is 0.481 e. The van der Waals surface area contributed by atoms with Gasteiger partial charge in [0, 0.05) is 23.0 Å². The highest BCUT2D eigenvalue weighted by Gasteiger charge is 2.32. The molecule has 2 aromatic rings. The van der Waals surface area contributed by atoms with E-state index in [9.17, 15) is 14.3 Å². The molecule has 2 heterocycles. The Labute approximate surface area is 139 Å². The van der Waals surface area contributed by atoms with E-state index >= 15 is 0 Å². The third kappa shape index (κ3) is 3.46. The molecule has 0 aliphatic carbocycles. The van der Waals surface area contributed by atoms with Gasteiger partial charge in [0.05, 0.1) is 5.92 Å². The summed E-state index contributed by atoms with van der Waals surface area (Å²) in [6.07, 6.45) is 1.62. The molecule has 5 heteroatoms. The number of carboxylic acids is 1. The van der Waals surface area contributed by atoms with Gasteiger partial charge >= 0.3 is 5.97 Å². The van der Waals surface area contributed by atoms with Crippen molar-refractivity contribution >= 4 is 17.3 Å². The monoisotopic (exact) mass is 333 g/mol. The summed E-state index contributed by atoms with van der Waals surface area (Å²) in [4.78, 5) is 14.4. The number of rotatable bonds is 4. The number of carbonyl (C=O) groups is 1. The Morgan fingerprint density at radius 3 is 2.96 bits per heavy atom. The maximum atomic E-state index is 14.1. The lowest BCUT2D eigenvalue weighted by Gasteiger charge is -2.37. The van der Waals surface area contributed by atoms with E-state index < -0.39 is 5.97 Å². The highest BCUT2D eigenvalue weighted by Crippen LogP contribution is 2.30. The number of hydrogen-bond acceptors (Lipinski definition) is 3. The number of carboxylic acid groups (broad SMARTS) is 1. The van der Waals surface area contributed by atoms with Gasteiger partial charge in [-0.1, -0.05) is 12.1 Å². The molecule has 2 atom stereocenters. The van der Waals surface area contributed by atoms with Crippen LogP contribution < -0.4 is 0 Å². The molecule has 122 valence electrons. The van der Waals surface area contributed by atoms with E-state index in [2.05, 4.69) is 4.90 Å². The van der Waals surface area contributed by atoms with Gasteiger partial charge in [-0.05, 0) is 55.5 Å². The average Bonchev–Trinajstić information content (AvgIpc) is 3.05. The quantitative estimate of drug-likeness (QED) is 0.910. The lowest BCUT2D eigenvalue weighted by atomic mass is 9.90. The van der Waals surface area contributed by atoms with Crippen LogP contribution in [0.15, 0.2) is 35.7 Å². The first-order chi connectivity index (χ1) is 11.1. The molecule has 1 aromatic carbocycles. The molecule has 1 aromatic heterocycles. The summed E-state index contributed by atoms with van der Waals surface area (Å²) in [7, 11) is 0. The van der Waals surface area contributed by atoms with Gasteiger partial charge in [0.15, 0.2) is 0 Å². The van der Waals surface area contributed by atoms with Crippen LogP contribution in [0.5, 0.6) is 0 Å². The zero-order valence-electron chi connectivity index (χ0n) is 13.0. The summed E-state index contributed by atoms with van der Waals surface area (Å²) in [6.45, 7) is 3.52. The number of nitrogens with zero attached hydrogens (tertiary/aromatic N) is 1. The zero-order valence-corrected chi connectivity index (χ0v) is 13.9. The van der Waals surface area contributed by atoms with E-state index in [1.807, 2.05) is 30.5 Å². The first-order valence-electron chi connectivity index (χ1n) is 7.85. The van der Waals surface area contributed by atoms with E-state index in [0.29, 0.717) is 12.1 Å². The molecule has 1 saturated heterocycles. The van der Waals surface area contributed by atoms with Crippen molar-refractivity contribution in [1.82, 2.24) is 4.90 Å². The Morgan fingerprint density at radius 1 is 1.43 bits per heavy atom. The summed E-state index contributed by atoms with van der Waals surface area (Å²) in [6, 6.07) is 9.01. The molecule has 1 aliphatic heterocycles. The second-order valence-electron chi connectivity index (χ2n) is 6.09. The Balaban J connectivity index is 1.80. The van der Waals surface area contributed by atoms with E-state index in [4.69, 9.17) is 0 Å². The highest BCUT2D eigenvalue weighted by atomic mass is 32.1. The summed E-state index contributed by atoms with van der Waals surface area (Å²) >= 11 is 1.52. The molecule has 23 heavy (non-hydrogen) atoms. The molecule has 3 rings (SSSR count). The predicted molar refractivity (Wildman–Crippen MR) is 89.9 cm³/mol. The highest BCUT2D eigenvalue weighted by molar-refractivity contribution is 7.13. The van der Waals surface area contributed by atoms with Crippen molar-refractivity contribution in [3.63, 3.8) is 0 Å². The van der Waals surface area contributed by atoms with Crippen LogP contribution in [0.2, 0.25) is 0 Å². The van der Waals surface area contributed by atoms with Crippen LogP contribution in [0.1, 0.15) is 25.3 Å². The minimum Gasteiger partial charge on any atom is -0.481 e. The lowest BCUT2D eigenvalue weighted by Crippen LogP contribution is -2.45. The van der Waals surface area contributed by atoms with Crippen LogP contribution in [0.25, 0.3) is 10.4 Å². The minimum atomic E-state index is -0.722. The topological polar surface area (TPSA) is 40.5 Å². The molecule has 1 N–H and O–H groups in total. The molecule has 0 saturated carbocycles. The molecule has 0 radical (unpaired) electrons. The molecule has 0 unspecified atom stereocenters. The van der Waals surface area contributed by atoms with Gasteiger partial charge in [0.2, 0.25) is 0 Å². The maximum Gasteiger partial charge on any atom is 0.308 e. The molecule has 0 spiro atoms. The van der Waals surface area contributed by atoms with Crippen molar-refractivity contribution in [2.75, 3.05) is 6.54 Å². The van der Waals surface area contributed by atoms with Crippen molar-refractivity contribution < 1.29 is 14.3 Å². The summed E-state index contributed by atoms with van der Waals surface area (Å²) in [5, 5.41) is 11.3. The molecule has 0 amide bonds. The lowest BCUT2D eigenvalue weighted by molar-refractivity contribution is -0.145. The number of aliphatic carboxylic acids is 1. The Kier molecular flexibility index (Phi) is 4.78. The molecule has 1 fully saturated rings. The van der Waals surface area contributed by atoms with Crippen molar-refractivity contribution in [2.24, 2.45) is 5.92 Å². The van der Waals surface area contributed by atoms with Gasteiger partial charge in [-0.15, -0.1) is 11.3 Å². The molecular weight excluding hydrogens is 313 g/mol.